The monoisotopic (exact) mass is 449 g/mol. The molecule has 3 heterocycles. The van der Waals surface area contributed by atoms with Crippen LogP contribution in [-0.4, -0.2) is 65.9 Å². The molecule has 0 radical (unpaired) electrons. The number of nitrogens with zero attached hydrogens (tertiary/aromatic N) is 4. The van der Waals surface area contributed by atoms with Crippen LogP contribution in [0.5, 0.6) is 0 Å². The number of rotatable bonds is 6. The number of amides is 2. The summed E-state index contributed by atoms with van der Waals surface area (Å²) in [6, 6.07) is 15.8. The van der Waals surface area contributed by atoms with Crippen molar-refractivity contribution in [2.24, 2.45) is 0 Å². The minimum Gasteiger partial charge on any atom is -0.325 e. The highest BCUT2D eigenvalue weighted by Gasteiger charge is 2.23. The van der Waals surface area contributed by atoms with E-state index in [1.165, 1.54) is 4.70 Å². The van der Waals surface area contributed by atoms with Gasteiger partial charge in [0.2, 0.25) is 11.8 Å². The van der Waals surface area contributed by atoms with Gasteiger partial charge >= 0.3 is 0 Å². The summed E-state index contributed by atoms with van der Waals surface area (Å²) >= 11 is 1.76. The average Bonchev–Trinajstić information content (AvgIpc) is 3.40. The number of fused-ring (bicyclic) bond motifs is 1. The third-order valence-electron chi connectivity index (χ3n) is 6.04. The number of piperazine rings is 1. The molecule has 0 atom stereocenters. The second kappa shape index (κ2) is 9.36. The minimum atomic E-state index is -0.0190. The zero-order valence-electron chi connectivity index (χ0n) is 18.0. The molecule has 2 aliphatic heterocycles. The van der Waals surface area contributed by atoms with Crippen LogP contribution in [0.3, 0.4) is 0 Å². The molecule has 2 aromatic carbocycles. The summed E-state index contributed by atoms with van der Waals surface area (Å²) in [5, 5.41) is 4.14. The predicted octanol–water partition coefficient (Wildman–Crippen LogP) is 3.18. The van der Waals surface area contributed by atoms with Crippen LogP contribution in [0.4, 0.5) is 11.4 Å². The highest BCUT2D eigenvalue weighted by molar-refractivity contribution is 7.18. The van der Waals surface area contributed by atoms with Gasteiger partial charge in [-0.3, -0.25) is 19.4 Å². The Morgan fingerprint density at radius 1 is 1.00 bits per heavy atom. The Kier molecular flexibility index (Phi) is 6.16. The lowest BCUT2D eigenvalue weighted by molar-refractivity contribution is -0.118. The SMILES string of the molecule is O=C(CN1CCN(Cc2nc3ccccc3s2)CC1)Nc1cccc(N2CCCC2=O)c1. The molecule has 2 fully saturated rings. The van der Waals surface area contributed by atoms with Crippen molar-refractivity contribution in [1.82, 2.24) is 14.8 Å². The van der Waals surface area contributed by atoms with E-state index in [0.29, 0.717) is 13.0 Å². The fourth-order valence-electron chi connectivity index (χ4n) is 4.36. The van der Waals surface area contributed by atoms with Crippen molar-refractivity contribution in [3.05, 3.63) is 53.5 Å². The molecule has 2 saturated heterocycles. The van der Waals surface area contributed by atoms with Crippen LogP contribution in [0.15, 0.2) is 48.5 Å². The van der Waals surface area contributed by atoms with Gasteiger partial charge in [-0.1, -0.05) is 18.2 Å². The first-order valence-electron chi connectivity index (χ1n) is 11.1. The van der Waals surface area contributed by atoms with E-state index in [9.17, 15) is 9.59 Å². The first-order chi connectivity index (χ1) is 15.6. The van der Waals surface area contributed by atoms with Crippen molar-refractivity contribution < 1.29 is 9.59 Å². The quantitative estimate of drug-likeness (QED) is 0.626. The van der Waals surface area contributed by atoms with E-state index in [-0.39, 0.29) is 11.8 Å². The van der Waals surface area contributed by atoms with Gasteiger partial charge < -0.3 is 10.2 Å². The minimum absolute atomic E-state index is 0.0190. The Morgan fingerprint density at radius 2 is 1.81 bits per heavy atom. The molecule has 7 nitrogen and oxygen atoms in total. The van der Waals surface area contributed by atoms with E-state index in [4.69, 9.17) is 4.98 Å². The summed E-state index contributed by atoms with van der Waals surface area (Å²) in [7, 11) is 0. The van der Waals surface area contributed by atoms with E-state index in [2.05, 4.69) is 33.3 Å². The summed E-state index contributed by atoms with van der Waals surface area (Å²) in [4.78, 5) is 35.7. The molecule has 0 unspecified atom stereocenters. The lowest BCUT2D eigenvalue weighted by atomic mass is 10.2. The van der Waals surface area contributed by atoms with Crippen LogP contribution in [0, 0.1) is 0 Å². The van der Waals surface area contributed by atoms with Crippen LogP contribution in [-0.2, 0) is 16.1 Å². The number of anilines is 2. The average molecular weight is 450 g/mol. The Morgan fingerprint density at radius 3 is 2.59 bits per heavy atom. The van der Waals surface area contributed by atoms with Crippen LogP contribution < -0.4 is 10.2 Å². The zero-order chi connectivity index (χ0) is 21.9. The van der Waals surface area contributed by atoms with E-state index in [1.807, 2.05) is 30.3 Å². The van der Waals surface area contributed by atoms with Crippen LogP contribution in [0.25, 0.3) is 10.2 Å². The van der Waals surface area contributed by atoms with Crippen molar-refractivity contribution in [1.29, 1.82) is 0 Å². The third kappa shape index (κ3) is 4.82. The highest BCUT2D eigenvalue weighted by Crippen LogP contribution is 2.25. The molecule has 0 aliphatic carbocycles. The van der Waals surface area contributed by atoms with Gasteiger partial charge in [0.1, 0.15) is 5.01 Å². The number of thiazole rings is 1. The molecular formula is C24H27N5O2S. The lowest BCUT2D eigenvalue weighted by Gasteiger charge is -2.33. The molecule has 0 spiro atoms. The molecule has 166 valence electrons. The maximum absolute atomic E-state index is 12.6. The van der Waals surface area contributed by atoms with E-state index in [1.54, 1.807) is 16.2 Å². The van der Waals surface area contributed by atoms with Crippen LogP contribution >= 0.6 is 11.3 Å². The van der Waals surface area contributed by atoms with Gasteiger partial charge in [0.25, 0.3) is 0 Å². The van der Waals surface area contributed by atoms with Gasteiger partial charge in [0.05, 0.1) is 23.3 Å². The van der Waals surface area contributed by atoms with Crippen molar-refractivity contribution in [3.63, 3.8) is 0 Å². The standard InChI is InChI=1S/C24H27N5O2S/c30-22(25-18-5-3-6-19(15-18)29-10-4-9-24(29)31)16-27-11-13-28(14-12-27)17-23-26-20-7-1-2-8-21(20)32-23/h1-3,5-8,15H,4,9-14,16-17H2,(H,25,30). The molecule has 1 aromatic heterocycles. The summed E-state index contributed by atoms with van der Waals surface area (Å²) in [6.07, 6.45) is 1.49. The topological polar surface area (TPSA) is 68.8 Å². The van der Waals surface area contributed by atoms with Gasteiger partial charge in [-0.2, -0.15) is 0 Å². The Labute approximate surface area is 191 Å². The van der Waals surface area contributed by atoms with E-state index < -0.39 is 0 Å². The van der Waals surface area contributed by atoms with Crippen LogP contribution in [0.2, 0.25) is 0 Å². The first-order valence-corrected chi connectivity index (χ1v) is 12.0. The maximum atomic E-state index is 12.6. The van der Waals surface area contributed by atoms with Crippen molar-refractivity contribution >= 4 is 44.7 Å². The number of benzene rings is 2. The van der Waals surface area contributed by atoms with Crippen molar-refractivity contribution in [2.45, 2.75) is 19.4 Å². The second-order valence-electron chi connectivity index (χ2n) is 8.38. The molecule has 0 saturated carbocycles. The number of nitrogens with one attached hydrogen (secondary N) is 1. The Bertz CT molecular complexity index is 1090. The largest absolute Gasteiger partial charge is 0.325 e. The summed E-state index contributed by atoms with van der Waals surface area (Å²) in [5.41, 5.74) is 2.66. The summed E-state index contributed by atoms with van der Waals surface area (Å²) in [6.45, 7) is 5.56. The fourth-order valence-corrected chi connectivity index (χ4v) is 5.37. The summed E-state index contributed by atoms with van der Waals surface area (Å²) in [5.74, 6) is 0.131. The molecular weight excluding hydrogens is 422 g/mol. The predicted molar refractivity (Wildman–Crippen MR) is 128 cm³/mol. The normalized spacial score (nSPS) is 17.9. The molecule has 0 bridgehead atoms. The van der Waals surface area contributed by atoms with E-state index >= 15 is 0 Å². The van der Waals surface area contributed by atoms with Crippen molar-refractivity contribution in [2.75, 3.05) is 49.5 Å². The molecule has 8 heteroatoms. The number of carbonyl (C=O) groups excluding carboxylic acids is 2. The third-order valence-corrected chi connectivity index (χ3v) is 7.07. The Balaban J connectivity index is 1.10. The molecule has 1 N–H and O–H groups in total. The fraction of sp³-hybridized carbons (Fsp3) is 0.375. The number of carbonyl (C=O) groups is 2. The molecule has 5 rings (SSSR count). The lowest BCUT2D eigenvalue weighted by Crippen LogP contribution is -2.48. The second-order valence-corrected chi connectivity index (χ2v) is 9.49. The first kappa shape index (κ1) is 21.1. The smallest absolute Gasteiger partial charge is 0.238 e. The van der Waals surface area contributed by atoms with Gasteiger partial charge in [0, 0.05) is 50.5 Å². The molecule has 2 amide bonds. The zero-order valence-corrected chi connectivity index (χ0v) is 18.8. The van der Waals surface area contributed by atoms with Gasteiger partial charge in [-0.25, -0.2) is 4.98 Å². The number of aromatic nitrogens is 1. The number of hydrogen-bond acceptors (Lipinski definition) is 6. The molecule has 32 heavy (non-hydrogen) atoms. The van der Waals surface area contributed by atoms with Crippen molar-refractivity contribution in [3.8, 4) is 0 Å². The number of hydrogen-bond donors (Lipinski definition) is 1. The van der Waals surface area contributed by atoms with Crippen LogP contribution in [0.1, 0.15) is 17.8 Å². The van der Waals surface area contributed by atoms with Gasteiger partial charge in [0.15, 0.2) is 0 Å². The maximum Gasteiger partial charge on any atom is 0.238 e. The van der Waals surface area contributed by atoms with Gasteiger partial charge in [-0.15, -0.1) is 11.3 Å². The summed E-state index contributed by atoms with van der Waals surface area (Å²) < 4.78 is 1.23. The molecule has 3 aromatic rings. The molecule has 2 aliphatic rings. The van der Waals surface area contributed by atoms with E-state index in [0.717, 1.165) is 67.6 Å². The Hall–Kier alpha value is -2.81. The number of para-hydroxylation sites is 1. The van der Waals surface area contributed by atoms with Gasteiger partial charge in [-0.05, 0) is 36.8 Å². The highest BCUT2D eigenvalue weighted by atomic mass is 32.1.